The molecule has 16 heteroatoms. The maximum atomic E-state index is 10.4. The summed E-state index contributed by atoms with van der Waals surface area (Å²) in [4.78, 5) is 56.6. The Labute approximate surface area is 145 Å². The van der Waals surface area contributed by atoms with E-state index in [-0.39, 0.29) is 61.5 Å². The number of hydrogen-bond donors (Lipinski definition) is 3. The molecule has 19 heavy (non-hydrogen) atoms. The van der Waals surface area contributed by atoms with E-state index in [9.17, 15) is 28.4 Å². The van der Waals surface area contributed by atoms with Crippen LogP contribution >= 0.6 is 22.8 Å². The van der Waals surface area contributed by atoms with Crippen molar-refractivity contribution in [2.24, 2.45) is 0 Å². The first-order valence-corrected chi connectivity index (χ1v) is 8.88. The van der Waals surface area contributed by atoms with Crippen molar-refractivity contribution in [3.05, 3.63) is 0 Å². The van der Waals surface area contributed by atoms with Crippen LogP contribution in [-0.4, -0.2) is 38.4 Å². The second kappa shape index (κ2) is 10.8. The molecule has 0 aliphatic carbocycles. The number of hydrogen-bond acceptors (Lipinski definition) is 7. The first-order chi connectivity index (χ1) is 6.79. The van der Waals surface area contributed by atoms with Crippen LogP contribution in [0.25, 0.3) is 0 Å². The molecule has 0 aromatic carbocycles. The van der Waals surface area contributed by atoms with Gasteiger partial charge in [0.05, 0.1) is 18.9 Å². The molecule has 0 rings (SSSR count). The molecule has 0 bridgehead atoms. The van der Waals surface area contributed by atoms with Crippen LogP contribution in [0.2, 0.25) is 0 Å². The molecule has 3 N–H and O–H groups in total. The third-order valence-corrected chi connectivity index (χ3v) is 3.41. The van der Waals surface area contributed by atoms with Crippen LogP contribution in [0.1, 0.15) is 0 Å². The van der Waals surface area contributed by atoms with Crippen LogP contribution in [0.15, 0.2) is 0 Å². The second-order valence-corrected chi connectivity index (χ2v) is 7.68. The van der Waals surface area contributed by atoms with Gasteiger partial charge in [-0.25, -0.2) is 0 Å². The van der Waals surface area contributed by atoms with E-state index in [1.165, 1.54) is 0 Å². The van der Waals surface area contributed by atoms with Crippen LogP contribution in [0, 0.1) is 0 Å². The van der Waals surface area contributed by atoms with Crippen molar-refractivity contribution in [2.45, 2.75) is 0 Å². The summed E-state index contributed by atoms with van der Waals surface area (Å²) in [6, 6.07) is 0. The zero-order chi connectivity index (χ0) is 13.2. The van der Waals surface area contributed by atoms with Gasteiger partial charge in [0.2, 0.25) is 0 Å². The van der Waals surface area contributed by atoms with Gasteiger partial charge >= 0.3 is 56.6 Å². The van der Waals surface area contributed by atoms with Crippen LogP contribution in [0.3, 0.4) is 0 Å². The maximum Gasteiger partial charge on any atom is 1.00 e. The SMILES string of the molecule is O=P([O-])(O)CN(CP(=O)([O-])O)CP(=O)([O-])O.[Li+].[Li+].[Li+]. The average Bonchev–Trinajstić information content (AvgIpc) is 1.70. The third kappa shape index (κ3) is 22.6. The first-order valence-electron chi connectivity index (χ1n) is 3.59. The quantitative estimate of drug-likeness (QED) is 0.314. The minimum Gasteiger partial charge on any atom is -0.778 e. The molecule has 0 fully saturated rings. The van der Waals surface area contributed by atoms with E-state index >= 15 is 0 Å². The van der Waals surface area contributed by atoms with Crippen molar-refractivity contribution < 1.29 is 99.6 Å². The normalized spacial score (nSPS) is 19.7. The van der Waals surface area contributed by atoms with Gasteiger partial charge in [-0.1, -0.05) is 0 Å². The summed E-state index contributed by atoms with van der Waals surface area (Å²) in [7, 11) is -14.9. The average molecular weight is 317 g/mol. The van der Waals surface area contributed by atoms with Gasteiger partial charge in [-0.15, -0.1) is 0 Å². The van der Waals surface area contributed by atoms with E-state index in [0.29, 0.717) is 0 Å². The Morgan fingerprint density at radius 1 is 0.684 bits per heavy atom. The number of nitrogens with zero attached hydrogens (tertiary/aromatic N) is 1. The summed E-state index contributed by atoms with van der Waals surface area (Å²) in [5.74, 6) is 0. The van der Waals surface area contributed by atoms with Crippen molar-refractivity contribution in [2.75, 3.05) is 18.9 Å². The Morgan fingerprint density at radius 3 is 0.947 bits per heavy atom. The summed E-state index contributed by atoms with van der Waals surface area (Å²) >= 11 is 0. The van der Waals surface area contributed by atoms with E-state index in [1.807, 2.05) is 0 Å². The molecular weight excluding hydrogens is 308 g/mol. The van der Waals surface area contributed by atoms with Crippen molar-refractivity contribution >= 4 is 22.8 Å². The molecule has 0 aliphatic heterocycles. The van der Waals surface area contributed by atoms with Gasteiger partial charge in [0.15, 0.2) is 0 Å². The Morgan fingerprint density at radius 2 is 0.842 bits per heavy atom. The molecule has 0 spiro atoms. The molecule has 0 aromatic heterocycles. The Bertz CT molecular complexity index is 317. The fourth-order valence-corrected chi connectivity index (χ4v) is 3.48. The second-order valence-electron chi connectivity index (χ2n) is 3.01. The van der Waals surface area contributed by atoms with Gasteiger partial charge in [-0.3, -0.25) is 4.90 Å². The predicted octanol–water partition coefficient (Wildman–Crippen LogP) is -12.2. The topological polar surface area (TPSA) is 184 Å². The van der Waals surface area contributed by atoms with Gasteiger partial charge in [0.25, 0.3) is 0 Å². The predicted molar refractivity (Wildman–Crippen MR) is 45.9 cm³/mol. The van der Waals surface area contributed by atoms with E-state index in [0.717, 1.165) is 0 Å². The van der Waals surface area contributed by atoms with Gasteiger partial charge in [0, 0.05) is 0 Å². The van der Waals surface area contributed by atoms with Crippen molar-refractivity contribution in [1.29, 1.82) is 0 Å². The third-order valence-electron chi connectivity index (χ3n) is 1.14. The standard InChI is InChI=1S/C3H12NO9P3.3Li/c5-14(6,7)1-4(2-15(8,9)10)3-16(11,12)13;;;/h1-3H2,(H2,5,6,7)(H2,8,9,10)(H2,11,12,13);;;/q;3*+1/p-3. The monoisotopic (exact) mass is 317 g/mol. The number of rotatable bonds is 6. The maximum absolute atomic E-state index is 10.4. The molecule has 0 heterocycles. The minimum absolute atomic E-state index is 0. The minimum atomic E-state index is -4.96. The molecule has 0 saturated heterocycles. The molecule has 10 nitrogen and oxygen atoms in total. The summed E-state index contributed by atoms with van der Waals surface area (Å²) < 4.78 is 31.2. The molecule has 3 unspecified atom stereocenters. The zero-order valence-corrected chi connectivity index (χ0v) is 13.4. The van der Waals surface area contributed by atoms with E-state index in [4.69, 9.17) is 14.7 Å². The zero-order valence-electron chi connectivity index (χ0n) is 10.7. The smallest absolute Gasteiger partial charge is 0.778 e. The fourth-order valence-electron chi connectivity index (χ4n) is 0.892. The van der Waals surface area contributed by atoms with E-state index < -0.39 is 41.6 Å². The van der Waals surface area contributed by atoms with Crippen LogP contribution < -0.4 is 71.3 Å². The Kier molecular flexibility index (Phi) is 16.7. The van der Waals surface area contributed by atoms with Gasteiger partial charge in [-0.2, -0.15) is 0 Å². The van der Waals surface area contributed by atoms with Crippen molar-refractivity contribution in [1.82, 2.24) is 4.90 Å². The molecule has 0 amide bonds. The molecule has 0 saturated carbocycles. The van der Waals surface area contributed by atoms with Crippen LogP contribution in [0.5, 0.6) is 0 Å². The van der Waals surface area contributed by atoms with Gasteiger partial charge in [-0.05, 0) is 0 Å². The van der Waals surface area contributed by atoms with Crippen molar-refractivity contribution in [3.8, 4) is 0 Å². The fraction of sp³-hybridized carbons (Fsp3) is 1.00. The Hall–Kier alpha value is 2.20. The molecule has 0 aliphatic rings. The van der Waals surface area contributed by atoms with E-state index in [2.05, 4.69) is 0 Å². The van der Waals surface area contributed by atoms with Crippen LogP contribution in [-0.2, 0) is 13.7 Å². The molecule has 0 aromatic rings. The largest absolute Gasteiger partial charge is 1.00 e. The summed E-state index contributed by atoms with van der Waals surface area (Å²) in [6.45, 7) is 0. The van der Waals surface area contributed by atoms with Gasteiger partial charge < -0.3 is 43.1 Å². The summed E-state index contributed by atoms with van der Waals surface area (Å²) in [6.07, 6.45) is -3.98. The van der Waals surface area contributed by atoms with Crippen molar-refractivity contribution in [3.63, 3.8) is 0 Å². The summed E-state index contributed by atoms with van der Waals surface area (Å²) in [5.41, 5.74) is 0. The Balaban J connectivity index is -0.000000375. The molecular formula is C3H9Li3NO9P3. The van der Waals surface area contributed by atoms with Crippen LogP contribution in [0.4, 0.5) is 0 Å². The molecule has 0 radical (unpaired) electrons. The first kappa shape index (κ1) is 29.2. The molecule has 3 atom stereocenters. The summed E-state index contributed by atoms with van der Waals surface area (Å²) in [5, 5.41) is 0. The molecule has 98 valence electrons. The van der Waals surface area contributed by atoms with Gasteiger partial charge in [0.1, 0.15) is 22.8 Å². The van der Waals surface area contributed by atoms with E-state index in [1.54, 1.807) is 0 Å².